The van der Waals surface area contributed by atoms with Crippen LogP contribution < -0.4 is 20.9 Å². The Bertz CT molecular complexity index is 1990. The van der Waals surface area contributed by atoms with Gasteiger partial charge in [0.2, 0.25) is 5.95 Å². The number of amides is 2. The highest BCUT2D eigenvalue weighted by Gasteiger charge is 2.39. The minimum absolute atomic E-state index is 0.135. The number of aromatic nitrogens is 2. The number of carboxylic acid groups (broad SMARTS) is 2. The summed E-state index contributed by atoms with van der Waals surface area (Å²) >= 11 is 6.42. The Morgan fingerprint density at radius 2 is 1.44 bits per heavy atom. The molecular formula is C34H29ClF6N8O5. The van der Waals surface area contributed by atoms with Crippen LogP contribution in [0.2, 0.25) is 5.02 Å². The van der Waals surface area contributed by atoms with Crippen LogP contribution in [0.4, 0.5) is 65.7 Å². The van der Waals surface area contributed by atoms with Crippen molar-refractivity contribution in [2.45, 2.75) is 25.2 Å². The molecule has 4 aromatic rings. The molecule has 0 aliphatic carbocycles. The summed E-state index contributed by atoms with van der Waals surface area (Å²) in [7, 11) is 0. The van der Waals surface area contributed by atoms with E-state index in [0.29, 0.717) is 41.1 Å². The van der Waals surface area contributed by atoms with Gasteiger partial charge in [-0.2, -0.15) is 36.6 Å². The van der Waals surface area contributed by atoms with Gasteiger partial charge in [-0.05, 0) is 78.6 Å². The van der Waals surface area contributed by atoms with Crippen molar-refractivity contribution in [1.29, 1.82) is 5.26 Å². The summed E-state index contributed by atoms with van der Waals surface area (Å²) in [6, 6.07) is 23.5. The molecule has 0 unspecified atom stereocenters. The number of carbonyl (C=O) groups excluding carboxylic acids is 1. The first-order valence-electron chi connectivity index (χ1n) is 15.6. The standard InChI is InChI=1S/C30H27ClN8O.2C2HF3O2/c31-26-19-33-29-35-24-3-1-2-20(16-24)4-7-22-17-25(34-28(26)37-29)10-11-27(22)38-12-14-39(15-13-38)30(40)36-23-8-5-21(18-32)6-9-23;2*3-2(4,5)1(6)7/h1-3,5-6,8-11,16-17,19H,4,7,12-15H2,(H,36,40)(H2,33,34,35,37);2*(H,6,7). The monoisotopic (exact) mass is 778 g/mol. The van der Waals surface area contributed by atoms with Gasteiger partial charge in [0, 0.05) is 48.9 Å². The average molecular weight is 779 g/mol. The van der Waals surface area contributed by atoms with Gasteiger partial charge in [0.1, 0.15) is 5.02 Å². The molecule has 2 amide bonds. The van der Waals surface area contributed by atoms with E-state index in [4.69, 9.17) is 36.7 Å². The number of piperazine rings is 1. The maximum absolute atomic E-state index is 12.9. The van der Waals surface area contributed by atoms with E-state index in [2.05, 4.69) is 61.2 Å². The molecule has 1 aromatic heterocycles. The largest absolute Gasteiger partial charge is 0.490 e. The van der Waals surface area contributed by atoms with Crippen LogP contribution in [-0.2, 0) is 22.4 Å². The van der Waals surface area contributed by atoms with Gasteiger partial charge in [0.25, 0.3) is 0 Å². The van der Waals surface area contributed by atoms with Crippen molar-refractivity contribution < 1.29 is 50.9 Å². The first kappa shape index (κ1) is 40.5. The molecule has 0 saturated carbocycles. The van der Waals surface area contributed by atoms with E-state index in [0.717, 1.165) is 43.0 Å². The number of nitrogens with zero attached hydrogens (tertiary/aromatic N) is 5. The van der Waals surface area contributed by atoms with Gasteiger partial charge in [0.05, 0.1) is 17.8 Å². The lowest BCUT2D eigenvalue weighted by molar-refractivity contribution is -0.193. The van der Waals surface area contributed by atoms with Gasteiger partial charge in [-0.15, -0.1) is 0 Å². The SMILES string of the molecule is N#Cc1ccc(NC(=O)N2CCN(c3ccc4cc3CCc3cccc(c3)Nc3ncc(Cl)c(n3)N4)CC2)cc1.O=C(O)C(F)(F)F.O=C(O)C(F)(F)F. The van der Waals surface area contributed by atoms with E-state index < -0.39 is 24.3 Å². The molecule has 13 nitrogen and oxygen atoms in total. The summed E-state index contributed by atoms with van der Waals surface area (Å²) in [5.41, 5.74) is 6.65. The van der Waals surface area contributed by atoms with Crippen molar-refractivity contribution in [1.82, 2.24) is 14.9 Å². The minimum Gasteiger partial charge on any atom is -0.475 e. The van der Waals surface area contributed by atoms with Gasteiger partial charge in [-0.3, -0.25) is 0 Å². The third-order valence-electron chi connectivity index (χ3n) is 7.61. The van der Waals surface area contributed by atoms with Crippen LogP contribution in [0, 0.1) is 11.3 Å². The second-order valence-electron chi connectivity index (χ2n) is 11.4. The molecule has 20 heteroatoms. The number of carboxylic acids is 2. The Hall–Kier alpha value is -6.29. The van der Waals surface area contributed by atoms with Crippen LogP contribution in [0.15, 0.2) is 72.9 Å². The highest BCUT2D eigenvalue weighted by molar-refractivity contribution is 6.32. The van der Waals surface area contributed by atoms with Crippen LogP contribution in [0.5, 0.6) is 0 Å². The average Bonchev–Trinajstić information content (AvgIpc) is 3.12. The fourth-order valence-electron chi connectivity index (χ4n) is 5.02. The van der Waals surface area contributed by atoms with Crippen molar-refractivity contribution in [3.63, 3.8) is 0 Å². The van der Waals surface area contributed by atoms with Crippen molar-refractivity contribution in [3.05, 3.63) is 94.6 Å². The summed E-state index contributed by atoms with van der Waals surface area (Å²) in [5, 5.41) is 33.2. The smallest absolute Gasteiger partial charge is 0.475 e. The number of carbonyl (C=O) groups is 3. The molecule has 6 rings (SSSR count). The summed E-state index contributed by atoms with van der Waals surface area (Å²) in [6.07, 6.45) is -6.85. The number of hydrogen-bond donors (Lipinski definition) is 5. The Kier molecular flexibility index (Phi) is 13.1. The zero-order valence-electron chi connectivity index (χ0n) is 27.7. The zero-order chi connectivity index (χ0) is 39.6. The Balaban J connectivity index is 0.000000396. The van der Waals surface area contributed by atoms with E-state index in [9.17, 15) is 31.1 Å². The van der Waals surface area contributed by atoms with Crippen LogP contribution >= 0.6 is 11.6 Å². The highest BCUT2D eigenvalue weighted by Crippen LogP contribution is 2.31. The molecule has 1 fully saturated rings. The number of nitriles is 1. The van der Waals surface area contributed by atoms with E-state index >= 15 is 0 Å². The molecule has 0 spiro atoms. The van der Waals surface area contributed by atoms with E-state index in [-0.39, 0.29) is 6.03 Å². The molecule has 2 aliphatic rings. The highest BCUT2D eigenvalue weighted by atomic mass is 35.5. The number of anilines is 6. The zero-order valence-corrected chi connectivity index (χ0v) is 28.4. The Morgan fingerprint density at radius 1 is 0.833 bits per heavy atom. The topological polar surface area (TPSA) is 184 Å². The Labute approximate surface area is 307 Å². The molecule has 3 aromatic carbocycles. The number of hydrogen-bond acceptors (Lipinski definition) is 9. The van der Waals surface area contributed by atoms with Crippen molar-refractivity contribution in [2.24, 2.45) is 0 Å². The van der Waals surface area contributed by atoms with Gasteiger partial charge < -0.3 is 36.0 Å². The molecule has 284 valence electrons. The van der Waals surface area contributed by atoms with Gasteiger partial charge in [-0.1, -0.05) is 23.7 Å². The van der Waals surface area contributed by atoms with Crippen LogP contribution in [0.1, 0.15) is 16.7 Å². The minimum atomic E-state index is -5.08. The van der Waals surface area contributed by atoms with E-state index in [1.165, 1.54) is 11.1 Å². The molecule has 2 aliphatic heterocycles. The number of urea groups is 1. The first-order chi connectivity index (χ1) is 25.4. The molecule has 3 heterocycles. The lowest BCUT2D eigenvalue weighted by Gasteiger charge is -2.37. The Morgan fingerprint density at radius 3 is 2.04 bits per heavy atom. The summed E-state index contributed by atoms with van der Waals surface area (Å²) in [5.74, 6) is -4.50. The fourth-order valence-corrected chi connectivity index (χ4v) is 5.16. The number of nitrogens with one attached hydrogen (secondary N) is 3. The predicted octanol–water partition coefficient (Wildman–Crippen LogP) is 7.21. The number of aryl methyl sites for hydroxylation is 2. The molecule has 54 heavy (non-hydrogen) atoms. The second-order valence-corrected chi connectivity index (χ2v) is 11.8. The van der Waals surface area contributed by atoms with Crippen LogP contribution in [0.25, 0.3) is 0 Å². The van der Waals surface area contributed by atoms with E-state index in [1.54, 1.807) is 30.5 Å². The maximum atomic E-state index is 12.9. The molecule has 1 saturated heterocycles. The van der Waals surface area contributed by atoms with E-state index in [1.807, 2.05) is 23.1 Å². The quantitative estimate of drug-likeness (QED) is 0.130. The summed E-state index contributed by atoms with van der Waals surface area (Å²) in [6.45, 7) is 2.66. The molecule has 5 N–H and O–H groups in total. The van der Waals surface area contributed by atoms with Crippen LogP contribution in [-0.4, -0.2) is 81.6 Å². The number of aliphatic carboxylic acids is 2. The third-order valence-corrected chi connectivity index (χ3v) is 7.89. The lowest BCUT2D eigenvalue weighted by atomic mass is 10.0. The molecule has 0 radical (unpaired) electrons. The van der Waals surface area contributed by atoms with Gasteiger partial charge in [-0.25, -0.2) is 19.4 Å². The lowest BCUT2D eigenvalue weighted by Crippen LogP contribution is -2.50. The number of rotatable bonds is 2. The number of fused-ring (bicyclic) bond motifs is 6. The molecule has 0 atom stereocenters. The third kappa shape index (κ3) is 11.6. The maximum Gasteiger partial charge on any atom is 0.490 e. The number of halogens is 7. The summed E-state index contributed by atoms with van der Waals surface area (Å²) in [4.78, 5) is 43.7. The van der Waals surface area contributed by atoms with Crippen molar-refractivity contribution >= 4 is 64.1 Å². The predicted molar refractivity (Wildman–Crippen MR) is 185 cm³/mol. The normalized spacial score (nSPS) is 13.6. The first-order valence-corrected chi connectivity index (χ1v) is 16.0. The number of alkyl halides is 6. The van der Waals surface area contributed by atoms with Gasteiger partial charge >= 0.3 is 30.3 Å². The van der Waals surface area contributed by atoms with Crippen molar-refractivity contribution in [2.75, 3.05) is 47.0 Å². The fraction of sp³-hybridized carbons (Fsp3) is 0.235. The number of benzene rings is 3. The molecule has 6 bridgehead atoms. The van der Waals surface area contributed by atoms with Gasteiger partial charge in [0.15, 0.2) is 5.82 Å². The van der Waals surface area contributed by atoms with Crippen LogP contribution in [0.3, 0.4) is 0 Å². The summed E-state index contributed by atoms with van der Waals surface area (Å²) < 4.78 is 63.5. The van der Waals surface area contributed by atoms with Crippen molar-refractivity contribution in [3.8, 4) is 6.07 Å². The molecular weight excluding hydrogens is 750 g/mol. The second kappa shape index (κ2) is 17.5.